The van der Waals surface area contributed by atoms with Gasteiger partial charge in [-0.05, 0) is 56.5 Å². The molecule has 1 aliphatic carbocycles. The Labute approximate surface area is 145 Å². The summed E-state index contributed by atoms with van der Waals surface area (Å²) in [6.45, 7) is 6.16. The Kier molecular flexibility index (Phi) is 5.86. The highest BCUT2D eigenvalue weighted by atomic mass is 16.5. The summed E-state index contributed by atoms with van der Waals surface area (Å²) in [4.78, 5) is 6.93. The normalized spacial score (nSPS) is 15.3. The smallest absolute Gasteiger partial charge is 0.130 e. The van der Waals surface area contributed by atoms with Gasteiger partial charge in [0.2, 0.25) is 0 Å². The Hall–Kier alpha value is -1.87. The first-order valence-electron chi connectivity index (χ1n) is 9.10. The minimum Gasteiger partial charge on any atom is -0.487 e. The third-order valence-corrected chi connectivity index (χ3v) is 4.86. The van der Waals surface area contributed by atoms with Crippen LogP contribution in [0.4, 0.5) is 0 Å². The van der Waals surface area contributed by atoms with E-state index in [-0.39, 0.29) is 0 Å². The lowest BCUT2D eigenvalue weighted by molar-refractivity contribution is 0.146. The lowest BCUT2D eigenvalue weighted by Gasteiger charge is -2.32. The van der Waals surface area contributed by atoms with Crippen LogP contribution in [0.25, 0.3) is 0 Å². The Balaban J connectivity index is 1.57. The van der Waals surface area contributed by atoms with E-state index in [0.717, 1.165) is 24.0 Å². The van der Waals surface area contributed by atoms with Crippen molar-refractivity contribution in [1.82, 2.24) is 9.88 Å². The third kappa shape index (κ3) is 4.57. The minimum absolute atomic E-state index is 0.514. The maximum Gasteiger partial charge on any atom is 0.130 e. The Bertz CT molecular complexity index is 603. The van der Waals surface area contributed by atoms with Gasteiger partial charge in [-0.25, -0.2) is 0 Å². The number of rotatable bonds is 7. The average molecular weight is 324 g/mol. The molecule has 3 nitrogen and oxygen atoms in total. The number of benzene rings is 1. The molecule has 1 heterocycles. The maximum absolute atomic E-state index is 5.82. The van der Waals surface area contributed by atoms with Crippen LogP contribution in [-0.4, -0.2) is 22.0 Å². The first kappa shape index (κ1) is 17.0. The zero-order valence-electron chi connectivity index (χ0n) is 14.8. The van der Waals surface area contributed by atoms with Gasteiger partial charge in [-0.15, -0.1) is 0 Å². The van der Waals surface area contributed by atoms with Crippen LogP contribution in [0.3, 0.4) is 0 Å². The number of ether oxygens (including phenoxy) is 1. The molecule has 1 aromatic carbocycles. The van der Waals surface area contributed by atoms with Gasteiger partial charge in [0.25, 0.3) is 0 Å². The summed E-state index contributed by atoms with van der Waals surface area (Å²) < 4.78 is 5.82. The van der Waals surface area contributed by atoms with Crippen molar-refractivity contribution in [2.75, 3.05) is 0 Å². The molecule has 0 spiro atoms. The minimum atomic E-state index is 0.514. The van der Waals surface area contributed by atoms with Crippen LogP contribution in [0, 0.1) is 0 Å². The zero-order valence-corrected chi connectivity index (χ0v) is 14.8. The van der Waals surface area contributed by atoms with Crippen molar-refractivity contribution >= 4 is 0 Å². The summed E-state index contributed by atoms with van der Waals surface area (Å²) in [5.41, 5.74) is 2.31. The highest BCUT2D eigenvalue weighted by Gasteiger charge is 2.24. The van der Waals surface area contributed by atoms with Crippen molar-refractivity contribution in [1.29, 1.82) is 0 Å². The standard InChI is InChI=1S/C21H28N2O/c1-17(2)23(20-8-3-4-9-20)15-18-10-12-21(13-11-18)24-16-19-7-5-6-14-22-19/h5-7,10-14,17,20H,3-4,8-9,15-16H2,1-2H3. The second-order valence-corrected chi connectivity index (χ2v) is 6.96. The molecule has 1 aromatic heterocycles. The second kappa shape index (κ2) is 8.29. The van der Waals surface area contributed by atoms with Gasteiger partial charge < -0.3 is 4.74 Å². The molecule has 0 atom stereocenters. The van der Waals surface area contributed by atoms with E-state index < -0.39 is 0 Å². The average Bonchev–Trinajstić information content (AvgIpc) is 3.14. The van der Waals surface area contributed by atoms with Gasteiger partial charge in [-0.2, -0.15) is 0 Å². The number of hydrogen-bond acceptors (Lipinski definition) is 3. The van der Waals surface area contributed by atoms with Gasteiger partial charge in [0.15, 0.2) is 0 Å². The lowest BCUT2D eigenvalue weighted by Crippen LogP contribution is -2.38. The summed E-state index contributed by atoms with van der Waals surface area (Å²) in [5, 5.41) is 0. The number of hydrogen-bond donors (Lipinski definition) is 0. The molecule has 0 amide bonds. The number of pyridine rings is 1. The molecule has 24 heavy (non-hydrogen) atoms. The van der Waals surface area contributed by atoms with Crippen molar-refractivity contribution < 1.29 is 4.74 Å². The zero-order chi connectivity index (χ0) is 16.8. The van der Waals surface area contributed by atoms with Crippen molar-refractivity contribution in [3.63, 3.8) is 0 Å². The third-order valence-electron chi connectivity index (χ3n) is 4.86. The Morgan fingerprint density at radius 3 is 2.46 bits per heavy atom. The van der Waals surface area contributed by atoms with Crippen LogP contribution in [-0.2, 0) is 13.2 Å². The summed E-state index contributed by atoms with van der Waals surface area (Å²) >= 11 is 0. The molecule has 128 valence electrons. The summed E-state index contributed by atoms with van der Waals surface area (Å²) in [7, 11) is 0. The molecule has 3 heteroatoms. The second-order valence-electron chi connectivity index (χ2n) is 6.96. The van der Waals surface area contributed by atoms with Crippen LogP contribution in [0.2, 0.25) is 0 Å². The van der Waals surface area contributed by atoms with Gasteiger partial charge in [-0.1, -0.05) is 31.0 Å². The summed E-state index contributed by atoms with van der Waals surface area (Å²) in [5.74, 6) is 0.904. The van der Waals surface area contributed by atoms with E-state index in [1.165, 1.54) is 31.2 Å². The van der Waals surface area contributed by atoms with Crippen molar-refractivity contribution in [2.24, 2.45) is 0 Å². The van der Waals surface area contributed by atoms with Crippen LogP contribution < -0.4 is 4.74 Å². The molecule has 0 unspecified atom stereocenters. The molecule has 1 fully saturated rings. The summed E-state index contributed by atoms with van der Waals surface area (Å²) in [6, 6.07) is 15.8. The van der Waals surface area contributed by atoms with E-state index in [1.807, 2.05) is 18.2 Å². The van der Waals surface area contributed by atoms with Gasteiger partial charge in [-0.3, -0.25) is 9.88 Å². The summed E-state index contributed by atoms with van der Waals surface area (Å²) in [6.07, 6.45) is 7.26. The van der Waals surface area contributed by atoms with Crippen LogP contribution in [0.1, 0.15) is 50.8 Å². The van der Waals surface area contributed by atoms with Gasteiger partial charge >= 0.3 is 0 Å². The Morgan fingerprint density at radius 2 is 1.83 bits per heavy atom. The lowest BCUT2D eigenvalue weighted by atomic mass is 10.1. The highest BCUT2D eigenvalue weighted by Crippen LogP contribution is 2.27. The van der Waals surface area contributed by atoms with E-state index in [0.29, 0.717) is 12.6 Å². The predicted octanol–water partition coefficient (Wildman–Crippen LogP) is 4.81. The quantitative estimate of drug-likeness (QED) is 0.730. The predicted molar refractivity (Wildman–Crippen MR) is 97.9 cm³/mol. The van der Waals surface area contributed by atoms with Crippen LogP contribution in [0.15, 0.2) is 48.7 Å². The molecule has 1 aliphatic rings. The fraction of sp³-hybridized carbons (Fsp3) is 0.476. The van der Waals surface area contributed by atoms with E-state index in [2.05, 4.69) is 48.0 Å². The molecule has 0 N–H and O–H groups in total. The monoisotopic (exact) mass is 324 g/mol. The van der Waals surface area contributed by atoms with Gasteiger partial charge in [0.1, 0.15) is 12.4 Å². The molecule has 0 aliphatic heterocycles. The van der Waals surface area contributed by atoms with E-state index in [9.17, 15) is 0 Å². The van der Waals surface area contributed by atoms with Crippen molar-refractivity contribution in [2.45, 2.75) is 64.8 Å². The first-order valence-corrected chi connectivity index (χ1v) is 9.10. The van der Waals surface area contributed by atoms with Crippen LogP contribution in [0.5, 0.6) is 5.75 Å². The molecule has 2 aromatic rings. The Morgan fingerprint density at radius 1 is 1.08 bits per heavy atom. The number of aromatic nitrogens is 1. The van der Waals surface area contributed by atoms with E-state index in [1.54, 1.807) is 6.20 Å². The molecular weight excluding hydrogens is 296 g/mol. The largest absolute Gasteiger partial charge is 0.487 e. The van der Waals surface area contributed by atoms with E-state index in [4.69, 9.17) is 4.74 Å². The molecular formula is C21H28N2O. The van der Waals surface area contributed by atoms with Gasteiger partial charge in [0.05, 0.1) is 5.69 Å². The molecule has 0 saturated heterocycles. The molecule has 0 radical (unpaired) electrons. The molecule has 3 rings (SSSR count). The van der Waals surface area contributed by atoms with Gasteiger partial charge in [0, 0.05) is 24.8 Å². The topological polar surface area (TPSA) is 25.4 Å². The van der Waals surface area contributed by atoms with Crippen LogP contribution >= 0.6 is 0 Å². The number of nitrogens with zero attached hydrogens (tertiary/aromatic N) is 2. The van der Waals surface area contributed by atoms with E-state index >= 15 is 0 Å². The molecule has 0 bridgehead atoms. The fourth-order valence-electron chi connectivity index (χ4n) is 3.51. The molecule has 1 saturated carbocycles. The fourth-order valence-corrected chi connectivity index (χ4v) is 3.51. The maximum atomic E-state index is 5.82. The highest BCUT2D eigenvalue weighted by molar-refractivity contribution is 5.27. The SMILES string of the molecule is CC(C)N(Cc1ccc(OCc2ccccn2)cc1)C1CCCC1. The van der Waals surface area contributed by atoms with Crippen molar-refractivity contribution in [3.8, 4) is 5.75 Å². The van der Waals surface area contributed by atoms with Crippen molar-refractivity contribution in [3.05, 3.63) is 59.9 Å². The first-order chi connectivity index (χ1) is 11.7.